The number of amides is 2. The SMILES string of the molecule is CCn1nc(C2CCCCN2C(=O)Nc2ccccc2)c2c1CCOC2. The fourth-order valence-electron chi connectivity index (χ4n) is 4.04. The van der Waals surface area contributed by atoms with E-state index in [1.165, 1.54) is 11.3 Å². The molecule has 2 amide bonds. The molecule has 1 aromatic carbocycles. The average molecular weight is 354 g/mol. The molecule has 2 aliphatic heterocycles. The Morgan fingerprint density at radius 1 is 1.31 bits per heavy atom. The molecule has 0 aliphatic carbocycles. The lowest BCUT2D eigenvalue weighted by Crippen LogP contribution is -2.41. The molecule has 0 saturated carbocycles. The number of aryl methyl sites for hydroxylation is 1. The minimum Gasteiger partial charge on any atom is -0.376 e. The minimum atomic E-state index is -0.0440. The van der Waals surface area contributed by atoms with E-state index < -0.39 is 0 Å². The van der Waals surface area contributed by atoms with Crippen LogP contribution < -0.4 is 5.32 Å². The Morgan fingerprint density at radius 2 is 2.15 bits per heavy atom. The number of fused-ring (bicyclic) bond motifs is 1. The van der Waals surface area contributed by atoms with Crippen LogP contribution in [0.25, 0.3) is 0 Å². The summed E-state index contributed by atoms with van der Waals surface area (Å²) < 4.78 is 7.80. The van der Waals surface area contributed by atoms with Crippen LogP contribution in [0.15, 0.2) is 30.3 Å². The highest BCUT2D eigenvalue weighted by atomic mass is 16.5. The van der Waals surface area contributed by atoms with E-state index in [-0.39, 0.29) is 12.1 Å². The molecule has 1 saturated heterocycles. The van der Waals surface area contributed by atoms with Gasteiger partial charge < -0.3 is 15.0 Å². The summed E-state index contributed by atoms with van der Waals surface area (Å²) in [7, 11) is 0. The number of para-hydroxylation sites is 1. The number of rotatable bonds is 3. The zero-order valence-corrected chi connectivity index (χ0v) is 15.3. The summed E-state index contributed by atoms with van der Waals surface area (Å²) in [6, 6.07) is 9.62. The van der Waals surface area contributed by atoms with Crippen molar-refractivity contribution in [3.63, 3.8) is 0 Å². The number of ether oxygens (including phenoxy) is 1. The summed E-state index contributed by atoms with van der Waals surface area (Å²) in [4.78, 5) is 14.9. The molecule has 4 rings (SSSR count). The van der Waals surface area contributed by atoms with Gasteiger partial charge in [-0.3, -0.25) is 4.68 Å². The van der Waals surface area contributed by atoms with Gasteiger partial charge in [-0.15, -0.1) is 0 Å². The third-order valence-corrected chi connectivity index (χ3v) is 5.33. The van der Waals surface area contributed by atoms with Gasteiger partial charge in [0.2, 0.25) is 0 Å². The van der Waals surface area contributed by atoms with Crippen molar-refractivity contribution in [2.24, 2.45) is 0 Å². The molecule has 2 aromatic rings. The van der Waals surface area contributed by atoms with Crippen molar-refractivity contribution in [3.05, 3.63) is 47.3 Å². The molecular weight excluding hydrogens is 328 g/mol. The first-order valence-electron chi connectivity index (χ1n) is 9.56. The predicted molar refractivity (Wildman–Crippen MR) is 100 cm³/mol. The van der Waals surface area contributed by atoms with Crippen LogP contribution in [0.4, 0.5) is 10.5 Å². The van der Waals surface area contributed by atoms with Crippen LogP contribution in [0.2, 0.25) is 0 Å². The molecule has 2 aliphatic rings. The molecule has 1 aromatic heterocycles. The number of nitrogens with one attached hydrogen (secondary N) is 1. The Bertz CT molecular complexity index is 772. The number of piperidine rings is 1. The van der Waals surface area contributed by atoms with Gasteiger partial charge in [-0.25, -0.2) is 4.79 Å². The molecule has 6 heteroatoms. The van der Waals surface area contributed by atoms with Crippen molar-refractivity contribution in [3.8, 4) is 0 Å². The number of hydrogen-bond acceptors (Lipinski definition) is 3. The van der Waals surface area contributed by atoms with Gasteiger partial charge in [0.15, 0.2) is 0 Å². The molecule has 138 valence electrons. The molecule has 1 fully saturated rings. The fraction of sp³-hybridized carbons (Fsp3) is 0.500. The fourth-order valence-corrected chi connectivity index (χ4v) is 4.04. The van der Waals surface area contributed by atoms with Crippen molar-refractivity contribution in [1.29, 1.82) is 0 Å². The van der Waals surface area contributed by atoms with Crippen LogP contribution in [-0.2, 0) is 24.3 Å². The van der Waals surface area contributed by atoms with Crippen LogP contribution in [-0.4, -0.2) is 33.9 Å². The second-order valence-corrected chi connectivity index (χ2v) is 6.93. The zero-order chi connectivity index (χ0) is 17.9. The molecule has 1 N–H and O–H groups in total. The number of likely N-dealkylation sites (tertiary alicyclic amines) is 1. The van der Waals surface area contributed by atoms with Gasteiger partial charge >= 0.3 is 6.03 Å². The Balaban J connectivity index is 1.62. The molecule has 0 spiro atoms. The van der Waals surface area contributed by atoms with E-state index in [4.69, 9.17) is 9.84 Å². The maximum absolute atomic E-state index is 12.9. The van der Waals surface area contributed by atoms with E-state index in [0.29, 0.717) is 6.61 Å². The number of nitrogens with zero attached hydrogens (tertiary/aromatic N) is 3. The Hall–Kier alpha value is -2.34. The maximum atomic E-state index is 12.9. The van der Waals surface area contributed by atoms with Crippen molar-refractivity contribution in [2.45, 2.75) is 51.8 Å². The lowest BCUT2D eigenvalue weighted by molar-refractivity contribution is 0.106. The van der Waals surface area contributed by atoms with Gasteiger partial charge in [0.05, 0.1) is 24.9 Å². The molecule has 1 unspecified atom stereocenters. The summed E-state index contributed by atoms with van der Waals surface area (Å²) >= 11 is 0. The molecule has 26 heavy (non-hydrogen) atoms. The largest absolute Gasteiger partial charge is 0.376 e. The quantitative estimate of drug-likeness (QED) is 0.913. The Kier molecular flexibility index (Phi) is 4.93. The third-order valence-electron chi connectivity index (χ3n) is 5.33. The number of carbonyl (C=O) groups excluding carboxylic acids is 1. The molecule has 0 radical (unpaired) electrons. The van der Waals surface area contributed by atoms with Crippen molar-refractivity contribution >= 4 is 11.7 Å². The standard InChI is InChI=1S/C20H26N4O2/c1-2-24-17-11-13-26-14-16(17)19(22-24)18-10-6-7-12-23(18)20(25)21-15-8-4-3-5-9-15/h3-5,8-9,18H,2,6-7,10-14H2,1H3,(H,21,25). The van der Waals surface area contributed by atoms with E-state index in [0.717, 1.165) is 56.8 Å². The molecule has 1 atom stereocenters. The van der Waals surface area contributed by atoms with Crippen LogP contribution in [0.1, 0.15) is 49.2 Å². The van der Waals surface area contributed by atoms with Gasteiger partial charge in [-0.05, 0) is 38.3 Å². The highest BCUT2D eigenvalue weighted by Gasteiger charge is 2.34. The first kappa shape index (κ1) is 17.1. The number of hydrogen-bond donors (Lipinski definition) is 1. The summed E-state index contributed by atoms with van der Waals surface area (Å²) in [5.74, 6) is 0. The molecule has 0 bridgehead atoms. The predicted octanol–water partition coefficient (Wildman–Crippen LogP) is 3.73. The summed E-state index contributed by atoms with van der Waals surface area (Å²) in [5, 5.41) is 7.92. The van der Waals surface area contributed by atoms with Crippen LogP contribution in [0.5, 0.6) is 0 Å². The minimum absolute atomic E-state index is 0.0238. The molecule has 6 nitrogen and oxygen atoms in total. The monoisotopic (exact) mass is 354 g/mol. The average Bonchev–Trinajstić information content (AvgIpc) is 3.07. The Labute approximate surface area is 154 Å². The highest BCUT2D eigenvalue weighted by Crippen LogP contribution is 2.35. The van der Waals surface area contributed by atoms with E-state index in [1.807, 2.05) is 35.2 Å². The molecule has 3 heterocycles. The highest BCUT2D eigenvalue weighted by molar-refractivity contribution is 5.89. The number of aromatic nitrogens is 2. The first-order valence-corrected chi connectivity index (χ1v) is 9.56. The van der Waals surface area contributed by atoms with Crippen molar-refractivity contribution in [1.82, 2.24) is 14.7 Å². The van der Waals surface area contributed by atoms with E-state index in [9.17, 15) is 4.79 Å². The summed E-state index contributed by atoms with van der Waals surface area (Å²) in [6.07, 6.45) is 4.01. The van der Waals surface area contributed by atoms with Crippen molar-refractivity contribution < 1.29 is 9.53 Å². The summed E-state index contributed by atoms with van der Waals surface area (Å²) in [5.41, 5.74) is 4.33. The smallest absolute Gasteiger partial charge is 0.322 e. The lowest BCUT2D eigenvalue weighted by Gasteiger charge is -2.35. The molecular formula is C20H26N4O2. The topological polar surface area (TPSA) is 59.4 Å². The van der Waals surface area contributed by atoms with Gasteiger partial charge in [-0.1, -0.05) is 18.2 Å². The van der Waals surface area contributed by atoms with Crippen molar-refractivity contribution in [2.75, 3.05) is 18.5 Å². The number of carbonyl (C=O) groups is 1. The number of benzene rings is 1. The van der Waals surface area contributed by atoms with Crippen LogP contribution >= 0.6 is 0 Å². The Morgan fingerprint density at radius 3 is 2.96 bits per heavy atom. The van der Waals surface area contributed by atoms with E-state index in [1.54, 1.807) is 0 Å². The van der Waals surface area contributed by atoms with Gasteiger partial charge in [0.1, 0.15) is 0 Å². The van der Waals surface area contributed by atoms with Gasteiger partial charge in [-0.2, -0.15) is 5.10 Å². The second kappa shape index (κ2) is 7.50. The first-order chi connectivity index (χ1) is 12.8. The van der Waals surface area contributed by atoms with Gasteiger partial charge in [0, 0.05) is 36.5 Å². The lowest BCUT2D eigenvalue weighted by atomic mass is 9.95. The zero-order valence-electron chi connectivity index (χ0n) is 15.3. The normalized spacial score (nSPS) is 19.9. The number of anilines is 1. The van der Waals surface area contributed by atoms with Crippen LogP contribution in [0, 0.1) is 0 Å². The van der Waals surface area contributed by atoms with E-state index in [2.05, 4.69) is 16.9 Å². The van der Waals surface area contributed by atoms with E-state index >= 15 is 0 Å². The van der Waals surface area contributed by atoms with Crippen LogP contribution in [0.3, 0.4) is 0 Å². The third kappa shape index (κ3) is 3.21. The second-order valence-electron chi connectivity index (χ2n) is 6.93. The van der Waals surface area contributed by atoms with Gasteiger partial charge in [0.25, 0.3) is 0 Å². The number of urea groups is 1. The maximum Gasteiger partial charge on any atom is 0.322 e. The summed E-state index contributed by atoms with van der Waals surface area (Å²) in [6.45, 7) is 5.09.